The highest BCUT2D eigenvalue weighted by molar-refractivity contribution is 9.11. The Labute approximate surface area is 101 Å². The molecule has 1 aromatic carbocycles. The molecule has 0 radical (unpaired) electrons. The molecule has 0 fully saturated rings. The maximum Gasteiger partial charge on any atom is 0.206 e. The average molecular weight is 312 g/mol. The van der Waals surface area contributed by atoms with Gasteiger partial charge < -0.3 is 0 Å². The minimum Gasteiger partial charge on any atom is -0.110 e. The second-order valence-electron chi connectivity index (χ2n) is 3.32. The lowest BCUT2D eigenvalue weighted by molar-refractivity contribution is 1.58. The molecular formula is C11H9BBr2. The van der Waals surface area contributed by atoms with E-state index in [1.807, 2.05) is 0 Å². The van der Waals surface area contributed by atoms with E-state index in [9.17, 15) is 0 Å². The largest absolute Gasteiger partial charge is 0.206 e. The van der Waals surface area contributed by atoms with Gasteiger partial charge >= 0.3 is 0 Å². The zero-order valence-electron chi connectivity index (χ0n) is 7.58. The van der Waals surface area contributed by atoms with Crippen molar-refractivity contribution in [2.75, 3.05) is 0 Å². The Balaban J connectivity index is 2.32. The summed E-state index contributed by atoms with van der Waals surface area (Å²) in [6.45, 7) is 0.516. The molecule has 0 saturated heterocycles. The maximum absolute atomic E-state index is 3.59. The maximum atomic E-state index is 3.59. The first-order valence-electron chi connectivity index (χ1n) is 4.55. The van der Waals surface area contributed by atoms with Crippen LogP contribution in [0, 0.1) is 0 Å². The van der Waals surface area contributed by atoms with Gasteiger partial charge in [-0.1, -0.05) is 61.6 Å². The van der Waals surface area contributed by atoms with E-state index in [1.165, 1.54) is 9.94 Å². The van der Waals surface area contributed by atoms with Crippen molar-refractivity contribution in [1.82, 2.24) is 0 Å². The molecule has 0 aromatic heterocycles. The molecule has 1 aromatic rings. The summed E-state index contributed by atoms with van der Waals surface area (Å²) < 4.78 is 2.29. The summed E-state index contributed by atoms with van der Waals surface area (Å²) in [5, 5.41) is 0. The van der Waals surface area contributed by atoms with Crippen molar-refractivity contribution < 1.29 is 0 Å². The second-order valence-corrected chi connectivity index (χ2v) is 5.09. The number of halogens is 2. The van der Waals surface area contributed by atoms with Gasteiger partial charge in [0.25, 0.3) is 0 Å². The molecule has 3 heteroatoms. The highest BCUT2D eigenvalue weighted by Crippen LogP contribution is 2.17. The first-order chi connectivity index (χ1) is 6.77. The van der Waals surface area contributed by atoms with Crippen molar-refractivity contribution >= 4 is 44.0 Å². The third-order valence-corrected chi connectivity index (χ3v) is 3.52. The minimum absolute atomic E-state index is 0.516. The summed E-state index contributed by atoms with van der Waals surface area (Å²) in [6, 6.07) is 6.36. The summed E-state index contributed by atoms with van der Waals surface area (Å²) in [5.74, 6) is 2.24. The van der Waals surface area contributed by atoms with Crippen molar-refractivity contribution in [2.45, 2.75) is 6.32 Å². The Morgan fingerprint density at radius 2 is 2.00 bits per heavy atom. The van der Waals surface area contributed by atoms with Gasteiger partial charge in [0.1, 0.15) is 0 Å². The third kappa shape index (κ3) is 2.21. The van der Waals surface area contributed by atoms with Crippen molar-refractivity contribution in [3.8, 4) is 0 Å². The van der Waals surface area contributed by atoms with E-state index in [1.54, 1.807) is 0 Å². The van der Waals surface area contributed by atoms with Gasteiger partial charge in [-0.2, -0.15) is 0 Å². The Hall–Kier alpha value is -0.275. The smallest absolute Gasteiger partial charge is 0.110 e. The van der Waals surface area contributed by atoms with Crippen molar-refractivity contribution in [1.29, 1.82) is 0 Å². The summed E-state index contributed by atoms with van der Waals surface area (Å²) in [5.41, 5.74) is 1.36. The highest BCUT2D eigenvalue weighted by atomic mass is 79.9. The summed E-state index contributed by atoms with van der Waals surface area (Å²) >= 11 is 7.05. The molecule has 0 aliphatic carbocycles. The topological polar surface area (TPSA) is 0 Å². The van der Waals surface area contributed by atoms with Crippen LogP contribution < -0.4 is 5.46 Å². The van der Waals surface area contributed by atoms with E-state index in [0.29, 0.717) is 6.71 Å². The molecule has 2 rings (SSSR count). The molecule has 1 aliphatic heterocycles. The van der Waals surface area contributed by atoms with Crippen molar-refractivity contribution in [3.63, 3.8) is 0 Å². The molecule has 1 aliphatic rings. The van der Waals surface area contributed by atoms with E-state index < -0.39 is 0 Å². The highest BCUT2D eigenvalue weighted by Gasteiger charge is 2.15. The Morgan fingerprint density at radius 1 is 1.14 bits per heavy atom. The van der Waals surface area contributed by atoms with Gasteiger partial charge in [-0.05, 0) is 18.5 Å². The molecule has 0 saturated carbocycles. The first kappa shape index (κ1) is 10.2. The predicted octanol–water partition coefficient (Wildman–Crippen LogP) is 3.58. The van der Waals surface area contributed by atoms with Crippen LogP contribution in [-0.2, 0) is 0 Å². The number of benzene rings is 1. The van der Waals surface area contributed by atoms with Gasteiger partial charge in [-0.15, -0.1) is 5.98 Å². The second kappa shape index (κ2) is 4.50. The van der Waals surface area contributed by atoms with E-state index in [-0.39, 0.29) is 0 Å². The van der Waals surface area contributed by atoms with Gasteiger partial charge in [0, 0.05) is 8.95 Å². The van der Waals surface area contributed by atoms with Gasteiger partial charge in [-0.25, -0.2) is 0 Å². The van der Waals surface area contributed by atoms with Gasteiger partial charge in [0.2, 0.25) is 6.71 Å². The fraction of sp³-hybridized carbons (Fsp3) is 0.0909. The fourth-order valence-electron chi connectivity index (χ4n) is 1.61. The first-order valence-corrected chi connectivity index (χ1v) is 6.14. The molecule has 0 spiro atoms. The molecule has 70 valence electrons. The molecule has 0 amide bonds. The molecule has 0 bridgehead atoms. The number of hydrogen-bond donors (Lipinski definition) is 0. The Kier molecular flexibility index (Phi) is 3.29. The zero-order chi connectivity index (χ0) is 9.97. The fourth-order valence-corrected chi connectivity index (χ4v) is 2.95. The molecule has 1 heterocycles. The number of allylic oxidation sites excluding steroid dienone is 3. The average Bonchev–Trinajstić information content (AvgIpc) is 2.19. The molecule has 0 unspecified atom stereocenters. The summed E-state index contributed by atoms with van der Waals surface area (Å²) in [7, 11) is 0. The predicted molar refractivity (Wildman–Crippen MR) is 70.3 cm³/mol. The monoisotopic (exact) mass is 310 g/mol. The van der Waals surface area contributed by atoms with E-state index in [0.717, 1.165) is 10.8 Å². The van der Waals surface area contributed by atoms with Crippen LogP contribution in [0.5, 0.6) is 0 Å². The lowest BCUT2D eigenvalue weighted by atomic mass is 9.42. The normalized spacial score (nSPS) is 14.9. The lowest BCUT2D eigenvalue weighted by Gasteiger charge is -2.12. The lowest BCUT2D eigenvalue weighted by Crippen LogP contribution is -2.29. The van der Waals surface area contributed by atoms with Gasteiger partial charge in [0.05, 0.1) is 0 Å². The summed E-state index contributed by atoms with van der Waals surface area (Å²) in [6.07, 6.45) is 7.52. The molecule has 0 atom stereocenters. The third-order valence-electron chi connectivity index (χ3n) is 2.34. The van der Waals surface area contributed by atoms with Crippen LogP contribution in [0.1, 0.15) is 0 Å². The van der Waals surface area contributed by atoms with Crippen molar-refractivity contribution in [2.24, 2.45) is 0 Å². The SMILES string of the molecule is Brc1ccc(B2C=CC=CC2)c(Br)c1. The minimum atomic E-state index is 0.516. The molecule has 0 N–H and O–H groups in total. The van der Waals surface area contributed by atoms with E-state index in [4.69, 9.17) is 0 Å². The van der Waals surface area contributed by atoms with Gasteiger partial charge in [0.15, 0.2) is 0 Å². The van der Waals surface area contributed by atoms with Crippen LogP contribution in [0.4, 0.5) is 0 Å². The zero-order valence-corrected chi connectivity index (χ0v) is 10.8. The molecule has 0 nitrogen and oxygen atoms in total. The molecular weight excluding hydrogens is 303 g/mol. The van der Waals surface area contributed by atoms with Gasteiger partial charge in [-0.3, -0.25) is 0 Å². The van der Waals surface area contributed by atoms with Crippen LogP contribution in [0.15, 0.2) is 51.3 Å². The molecule has 14 heavy (non-hydrogen) atoms. The quantitative estimate of drug-likeness (QED) is 0.696. The summed E-state index contributed by atoms with van der Waals surface area (Å²) in [4.78, 5) is 0. The van der Waals surface area contributed by atoms with Crippen LogP contribution in [0.3, 0.4) is 0 Å². The van der Waals surface area contributed by atoms with Crippen LogP contribution in [0.25, 0.3) is 0 Å². The van der Waals surface area contributed by atoms with Crippen molar-refractivity contribution in [3.05, 3.63) is 51.3 Å². The Bertz CT molecular complexity index is 396. The van der Waals surface area contributed by atoms with Crippen LogP contribution >= 0.6 is 31.9 Å². The van der Waals surface area contributed by atoms with E-state index >= 15 is 0 Å². The number of rotatable bonds is 1. The van der Waals surface area contributed by atoms with Crippen LogP contribution in [-0.4, -0.2) is 6.71 Å². The Morgan fingerprint density at radius 3 is 2.64 bits per heavy atom. The van der Waals surface area contributed by atoms with Crippen LogP contribution in [0.2, 0.25) is 6.32 Å². The number of hydrogen-bond acceptors (Lipinski definition) is 0. The standard InChI is InChI=1S/C11H9BBr2/c13-9-4-5-10(11(14)8-9)12-6-2-1-3-7-12/h1-6,8H,7H2. The van der Waals surface area contributed by atoms with E-state index in [2.05, 4.69) is 74.3 Å².